The minimum absolute atomic E-state index is 0.0594. The number of hydrogen-bond acceptors (Lipinski definition) is 8. The van der Waals surface area contributed by atoms with Gasteiger partial charge in [0.05, 0.1) is 23.8 Å². The van der Waals surface area contributed by atoms with Gasteiger partial charge in [0.2, 0.25) is 0 Å². The number of nitrogens with one attached hydrogen (secondary N) is 3. The molecule has 0 saturated carbocycles. The number of alkyl halides is 2. The predicted molar refractivity (Wildman–Crippen MR) is 137 cm³/mol. The number of amides is 1. The predicted octanol–water partition coefficient (Wildman–Crippen LogP) is 4.26. The third-order valence-electron chi connectivity index (χ3n) is 5.43. The molecule has 15 heteroatoms. The van der Waals surface area contributed by atoms with Gasteiger partial charge in [-0.05, 0) is 43.7 Å². The van der Waals surface area contributed by atoms with Crippen molar-refractivity contribution in [1.29, 1.82) is 0 Å². The number of primary amides is 1. The summed E-state index contributed by atoms with van der Waals surface area (Å²) in [5.74, 6) is -4.79. The average Bonchev–Trinajstić information content (AvgIpc) is 3.30. The van der Waals surface area contributed by atoms with E-state index in [1.165, 1.54) is 54.9 Å². The van der Waals surface area contributed by atoms with Crippen LogP contribution >= 0.6 is 0 Å². The molecule has 4 rings (SSSR count). The van der Waals surface area contributed by atoms with Gasteiger partial charge < -0.3 is 15.8 Å². The Morgan fingerprint density at radius 2 is 1.82 bits per heavy atom. The highest BCUT2D eigenvalue weighted by Crippen LogP contribution is 2.37. The Morgan fingerprint density at radius 3 is 2.44 bits per heavy atom. The number of ether oxygens (including phenoxy) is 1. The van der Waals surface area contributed by atoms with Crippen molar-refractivity contribution in [2.75, 3.05) is 10.0 Å². The summed E-state index contributed by atoms with van der Waals surface area (Å²) < 4.78 is 71.0. The Labute approximate surface area is 220 Å². The maximum atomic E-state index is 13.4. The summed E-state index contributed by atoms with van der Waals surface area (Å²) >= 11 is 0. The second-order valence-corrected chi connectivity index (χ2v) is 9.94. The van der Waals surface area contributed by atoms with E-state index in [1.807, 2.05) is 0 Å². The number of rotatable bonds is 10. The van der Waals surface area contributed by atoms with Crippen molar-refractivity contribution < 1.29 is 31.1 Å². The van der Waals surface area contributed by atoms with Crippen molar-refractivity contribution in [3.63, 3.8) is 0 Å². The molecular formula is C24H22F3N7O4S. The van der Waals surface area contributed by atoms with Gasteiger partial charge in [-0.2, -0.15) is 13.9 Å². The molecule has 0 aliphatic heterocycles. The zero-order valence-corrected chi connectivity index (χ0v) is 21.3. The van der Waals surface area contributed by atoms with E-state index in [0.717, 1.165) is 0 Å². The number of nitrogens with two attached hydrogens (primary N) is 1. The largest absolute Gasteiger partial charge is 0.484 e. The summed E-state index contributed by atoms with van der Waals surface area (Å²) in [6.07, 6.45) is 2.19. The van der Waals surface area contributed by atoms with Gasteiger partial charge >= 0.3 is 5.76 Å². The molecule has 204 valence electrons. The van der Waals surface area contributed by atoms with Crippen molar-refractivity contribution in [3.05, 3.63) is 77.5 Å². The lowest BCUT2D eigenvalue weighted by Crippen LogP contribution is -2.21. The number of aromatic nitrogens is 4. The second-order valence-electron chi connectivity index (χ2n) is 8.28. The van der Waals surface area contributed by atoms with Gasteiger partial charge in [-0.3, -0.25) is 19.6 Å². The van der Waals surface area contributed by atoms with Gasteiger partial charge in [-0.1, -0.05) is 18.2 Å². The van der Waals surface area contributed by atoms with Crippen LogP contribution in [0.4, 0.5) is 30.5 Å². The van der Waals surface area contributed by atoms with Crippen LogP contribution in [-0.4, -0.2) is 40.2 Å². The molecule has 0 aliphatic rings. The van der Waals surface area contributed by atoms with E-state index in [9.17, 15) is 26.4 Å². The Morgan fingerprint density at radius 1 is 1.10 bits per heavy atom. The van der Waals surface area contributed by atoms with Crippen LogP contribution in [0.3, 0.4) is 0 Å². The Kier molecular flexibility index (Phi) is 7.71. The van der Waals surface area contributed by atoms with Crippen LogP contribution in [0.1, 0.15) is 34.6 Å². The van der Waals surface area contributed by atoms with Gasteiger partial charge in [0.1, 0.15) is 40.6 Å². The van der Waals surface area contributed by atoms with Crippen LogP contribution in [0.15, 0.2) is 54.9 Å². The van der Waals surface area contributed by atoms with Crippen LogP contribution in [0, 0.1) is 12.7 Å². The Balaban J connectivity index is 1.75. The van der Waals surface area contributed by atoms with Gasteiger partial charge in [0, 0.05) is 5.56 Å². The maximum Gasteiger partial charge on any atom is 0.355 e. The molecule has 0 bridgehead atoms. The van der Waals surface area contributed by atoms with Gasteiger partial charge in [-0.15, -0.1) is 0 Å². The van der Waals surface area contributed by atoms with Crippen LogP contribution < -0.4 is 20.5 Å². The topological polar surface area (TPSA) is 165 Å². The summed E-state index contributed by atoms with van der Waals surface area (Å²) in [6.45, 7) is 3.35. The first-order valence-corrected chi connectivity index (χ1v) is 12.8. The smallest absolute Gasteiger partial charge is 0.355 e. The minimum atomic E-state index is -5.04. The first-order chi connectivity index (χ1) is 18.4. The third-order valence-corrected chi connectivity index (χ3v) is 6.41. The summed E-state index contributed by atoms with van der Waals surface area (Å²) in [4.78, 5) is 20.6. The molecule has 5 N–H and O–H groups in total. The molecule has 4 aromatic rings. The van der Waals surface area contributed by atoms with Crippen molar-refractivity contribution in [2.45, 2.75) is 25.7 Å². The number of H-pyrrole nitrogens is 1. The van der Waals surface area contributed by atoms with Crippen LogP contribution in [0.25, 0.3) is 11.3 Å². The summed E-state index contributed by atoms with van der Waals surface area (Å²) in [5, 5.41) is 9.68. The highest BCUT2D eigenvalue weighted by Gasteiger charge is 2.27. The molecule has 2 aromatic heterocycles. The monoisotopic (exact) mass is 561 g/mol. The zero-order valence-electron chi connectivity index (χ0n) is 20.4. The lowest BCUT2D eigenvalue weighted by Gasteiger charge is -2.19. The average molecular weight is 562 g/mol. The standard InChI is InChI=1S/C24H22F3N7O4S/c1-12-10-30-19(11-29-12)31-23-20(22(28)35)21(32-33-23)15-5-8-17(34-39(36,37)24(26)27)18(9-15)38-13(2)14-3-6-16(25)7-4-14/h3-11,13,24,34H,1-2H3,(H2,28,35)(H2,30,31,32,33)/t13-/m0/s1. The Bertz CT molecular complexity index is 1600. The first kappa shape index (κ1) is 27.4. The highest BCUT2D eigenvalue weighted by atomic mass is 32.2. The quantitative estimate of drug-likeness (QED) is 0.223. The molecule has 0 saturated heterocycles. The van der Waals surface area contributed by atoms with Crippen LogP contribution in [0.2, 0.25) is 0 Å². The fourth-order valence-corrected chi connectivity index (χ4v) is 4.07. The fourth-order valence-electron chi connectivity index (χ4n) is 3.51. The molecule has 2 aromatic carbocycles. The van der Waals surface area contributed by atoms with Gasteiger partial charge in [0.15, 0.2) is 0 Å². The van der Waals surface area contributed by atoms with E-state index >= 15 is 0 Å². The minimum Gasteiger partial charge on any atom is -0.484 e. The molecule has 39 heavy (non-hydrogen) atoms. The molecule has 0 unspecified atom stereocenters. The molecule has 11 nitrogen and oxygen atoms in total. The normalized spacial score (nSPS) is 12.3. The molecular weight excluding hydrogens is 539 g/mol. The molecule has 0 fully saturated rings. The molecule has 2 heterocycles. The van der Waals surface area contributed by atoms with E-state index in [2.05, 4.69) is 25.5 Å². The number of anilines is 3. The number of aryl methyl sites for hydroxylation is 1. The van der Waals surface area contributed by atoms with Crippen LogP contribution in [-0.2, 0) is 10.0 Å². The van der Waals surface area contributed by atoms with E-state index in [4.69, 9.17) is 10.5 Å². The molecule has 0 radical (unpaired) electrons. The number of sulfonamides is 1. The number of carbonyl (C=O) groups excluding carboxylic acids is 1. The van der Waals surface area contributed by atoms with E-state index < -0.39 is 33.6 Å². The summed E-state index contributed by atoms with van der Waals surface area (Å²) in [7, 11) is -5.04. The van der Waals surface area contributed by atoms with Crippen molar-refractivity contribution in [2.24, 2.45) is 5.73 Å². The summed E-state index contributed by atoms with van der Waals surface area (Å²) in [5.41, 5.74) is 6.76. The summed E-state index contributed by atoms with van der Waals surface area (Å²) in [6, 6.07) is 9.16. The maximum absolute atomic E-state index is 13.4. The third kappa shape index (κ3) is 6.26. The van der Waals surface area contributed by atoms with Crippen LogP contribution in [0.5, 0.6) is 5.75 Å². The number of benzene rings is 2. The number of hydrogen-bond donors (Lipinski definition) is 4. The second kappa shape index (κ2) is 11.0. The van der Waals surface area contributed by atoms with E-state index in [-0.39, 0.29) is 34.1 Å². The number of nitrogens with zero attached hydrogens (tertiary/aromatic N) is 3. The van der Waals surface area contributed by atoms with Crippen molar-refractivity contribution in [1.82, 2.24) is 20.2 Å². The van der Waals surface area contributed by atoms with Crippen molar-refractivity contribution >= 4 is 33.3 Å². The van der Waals surface area contributed by atoms with Gasteiger partial charge in [0.25, 0.3) is 15.9 Å². The molecule has 1 atom stereocenters. The Hall–Kier alpha value is -4.66. The number of aromatic amines is 1. The molecule has 0 spiro atoms. The lowest BCUT2D eigenvalue weighted by atomic mass is 10.1. The number of halogens is 3. The van der Waals surface area contributed by atoms with Gasteiger partial charge in [-0.25, -0.2) is 17.8 Å². The van der Waals surface area contributed by atoms with Crippen molar-refractivity contribution in [3.8, 4) is 17.0 Å². The number of carbonyl (C=O) groups is 1. The van der Waals surface area contributed by atoms with E-state index in [0.29, 0.717) is 17.1 Å². The molecule has 0 aliphatic carbocycles. The lowest BCUT2D eigenvalue weighted by molar-refractivity contribution is 0.100. The highest BCUT2D eigenvalue weighted by molar-refractivity contribution is 7.93. The zero-order chi connectivity index (χ0) is 28.3. The SMILES string of the molecule is Cc1cnc(Nc2[nH]nc(-c3ccc(NS(=O)(=O)C(F)F)c(O[C@@H](C)c4ccc(F)cc4)c3)c2C(N)=O)cn1. The molecule has 1 amide bonds. The van der Waals surface area contributed by atoms with E-state index in [1.54, 1.807) is 18.6 Å². The fraction of sp³-hybridized carbons (Fsp3) is 0.167. The first-order valence-electron chi connectivity index (χ1n) is 11.2.